The minimum absolute atomic E-state index is 0.353. The van der Waals surface area contributed by atoms with Crippen molar-refractivity contribution < 1.29 is 14.0 Å². The summed E-state index contributed by atoms with van der Waals surface area (Å²) in [4.78, 5) is 0. The van der Waals surface area contributed by atoms with Gasteiger partial charge in [-0.05, 0) is 43.3 Å². The Hall–Kier alpha value is -2.75. The molecule has 22 heavy (non-hydrogen) atoms. The highest BCUT2D eigenvalue weighted by Crippen LogP contribution is 2.23. The molecule has 3 rings (SSSR count). The standard InChI is InChI=1S/C18H17NO3/c1-13-3-7-16(8-4-13)21-12-17-11-18(19-22-17)14-5-9-15(20-2)10-6-14/h3-11H,12H2,1-2H3. The van der Waals surface area contributed by atoms with Crippen LogP contribution in [-0.2, 0) is 6.61 Å². The lowest BCUT2D eigenvalue weighted by Crippen LogP contribution is -1.93. The maximum Gasteiger partial charge on any atom is 0.174 e. The van der Waals surface area contributed by atoms with Crippen molar-refractivity contribution in [1.29, 1.82) is 0 Å². The van der Waals surface area contributed by atoms with E-state index in [4.69, 9.17) is 14.0 Å². The number of aromatic nitrogens is 1. The van der Waals surface area contributed by atoms with Crippen LogP contribution in [0.5, 0.6) is 11.5 Å². The van der Waals surface area contributed by atoms with Gasteiger partial charge < -0.3 is 14.0 Å². The van der Waals surface area contributed by atoms with E-state index in [-0.39, 0.29) is 0 Å². The maximum atomic E-state index is 5.68. The van der Waals surface area contributed by atoms with Crippen molar-refractivity contribution in [1.82, 2.24) is 5.16 Å². The highest BCUT2D eigenvalue weighted by atomic mass is 16.5. The molecule has 0 N–H and O–H groups in total. The summed E-state index contributed by atoms with van der Waals surface area (Å²) >= 11 is 0. The van der Waals surface area contributed by atoms with Gasteiger partial charge in [0.05, 0.1) is 7.11 Å². The van der Waals surface area contributed by atoms with E-state index in [0.29, 0.717) is 12.4 Å². The lowest BCUT2D eigenvalue weighted by atomic mass is 10.1. The van der Waals surface area contributed by atoms with Gasteiger partial charge >= 0.3 is 0 Å². The summed E-state index contributed by atoms with van der Waals surface area (Å²) in [6, 6.07) is 17.5. The summed E-state index contributed by atoms with van der Waals surface area (Å²) < 4.78 is 16.1. The van der Waals surface area contributed by atoms with Gasteiger partial charge in [-0.25, -0.2) is 0 Å². The first-order valence-electron chi connectivity index (χ1n) is 7.04. The molecule has 3 aromatic rings. The lowest BCUT2D eigenvalue weighted by molar-refractivity contribution is 0.249. The van der Waals surface area contributed by atoms with Crippen LogP contribution in [0.3, 0.4) is 0 Å². The smallest absolute Gasteiger partial charge is 0.174 e. The monoisotopic (exact) mass is 295 g/mol. The molecule has 0 aliphatic rings. The third kappa shape index (κ3) is 3.28. The molecule has 0 bridgehead atoms. The number of methoxy groups -OCH3 is 1. The molecule has 0 saturated carbocycles. The molecule has 0 atom stereocenters. The second-order valence-corrected chi connectivity index (χ2v) is 5.01. The first kappa shape index (κ1) is 14.2. The van der Waals surface area contributed by atoms with Crippen molar-refractivity contribution in [2.45, 2.75) is 13.5 Å². The van der Waals surface area contributed by atoms with Gasteiger partial charge in [0.1, 0.15) is 23.8 Å². The zero-order valence-electron chi connectivity index (χ0n) is 12.6. The van der Waals surface area contributed by atoms with Gasteiger partial charge in [-0.1, -0.05) is 22.9 Å². The van der Waals surface area contributed by atoms with Crippen LogP contribution < -0.4 is 9.47 Å². The van der Waals surface area contributed by atoms with Crippen LogP contribution in [0.1, 0.15) is 11.3 Å². The first-order valence-corrected chi connectivity index (χ1v) is 7.04. The topological polar surface area (TPSA) is 44.5 Å². The molecule has 1 aromatic heterocycles. The lowest BCUT2D eigenvalue weighted by Gasteiger charge is -2.03. The Morgan fingerprint density at radius 3 is 2.32 bits per heavy atom. The number of hydrogen-bond donors (Lipinski definition) is 0. The summed E-state index contributed by atoms with van der Waals surface area (Å²) in [7, 11) is 1.64. The molecule has 112 valence electrons. The third-order valence-corrected chi connectivity index (χ3v) is 3.35. The van der Waals surface area contributed by atoms with Crippen LogP contribution in [-0.4, -0.2) is 12.3 Å². The van der Waals surface area contributed by atoms with Crippen molar-refractivity contribution in [2.75, 3.05) is 7.11 Å². The molecule has 2 aromatic carbocycles. The van der Waals surface area contributed by atoms with E-state index in [2.05, 4.69) is 5.16 Å². The molecular formula is C18H17NO3. The Labute approximate surface area is 129 Å². The predicted octanol–water partition coefficient (Wildman–Crippen LogP) is 4.24. The number of hydrogen-bond acceptors (Lipinski definition) is 4. The molecule has 0 amide bonds. The summed E-state index contributed by atoms with van der Waals surface area (Å²) in [6.07, 6.45) is 0. The number of benzene rings is 2. The van der Waals surface area contributed by atoms with Crippen molar-refractivity contribution >= 4 is 0 Å². The van der Waals surface area contributed by atoms with Gasteiger partial charge in [0.2, 0.25) is 0 Å². The maximum absolute atomic E-state index is 5.68. The van der Waals surface area contributed by atoms with E-state index in [1.807, 2.05) is 61.5 Å². The zero-order valence-corrected chi connectivity index (χ0v) is 12.6. The van der Waals surface area contributed by atoms with Crippen LogP contribution in [0, 0.1) is 6.92 Å². The second-order valence-electron chi connectivity index (χ2n) is 5.01. The minimum atomic E-state index is 0.353. The number of nitrogens with zero attached hydrogens (tertiary/aromatic N) is 1. The number of aryl methyl sites for hydroxylation is 1. The predicted molar refractivity (Wildman–Crippen MR) is 84.0 cm³/mol. The average molecular weight is 295 g/mol. The fourth-order valence-corrected chi connectivity index (χ4v) is 2.07. The minimum Gasteiger partial charge on any atom is -0.497 e. The Kier molecular flexibility index (Phi) is 4.10. The van der Waals surface area contributed by atoms with Crippen molar-refractivity contribution in [2.24, 2.45) is 0 Å². The molecule has 0 radical (unpaired) electrons. The summed E-state index contributed by atoms with van der Waals surface area (Å²) in [6.45, 7) is 2.40. The molecular weight excluding hydrogens is 278 g/mol. The van der Waals surface area contributed by atoms with Gasteiger partial charge in [0.15, 0.2) is 5.76 Å². The quantitative estimate of drug-likeness (QED) is 0.706. The SMILES string of the molecule is COc1ccc(-c2cc(COc3ccc(C)cc3)on2)cc1. The van der Waals surface area contributed by atoms with E-state index < -0.39 is 0 Å². The van der Waals surface area contributed by atoms with Gasteiger partial charge in [0, 0.05) is 11.6 Å². The largest absolute Gasteiger partial charge is 0.497 e. The van der Waals surface area contributed by atoms with Gasteiger partial charge in [0.25, 0.3) is 0 Å². The average Bonchev–Trinajstić information content (AvgIpc) is 3.03. The number of ether oxygens (including phenoxy) is 2. The van der Waals surface area contributed by atoms with Crippen LogP contribution in [0.25, 0.3) is 11.3 Å². The van der Waals surface area contributed by atoms with E-state index in [1.54, 1.807) is 7.11 Å². The van der Waals surface area contributed by atoms with Crippen LogP contribution in [0.2, 0.25) is 0 Å². The molecule has 0 saturated heterocycles. The van der Waals surface area contributed by atoms with Crippen molar-refractivity contribution in [3.63, 3.8) is 0 Å². The van der Waals surface area contributed by atoms with Gasteiger partial charge in [-0.2, -0.15) is 0 Å². The van der Waals surface area contributed by atoms with Gasteiger partial charge in [-0.3, -0.25) is 0 Å². The highest BCUT2D eigenvalue weighted by Gasteiger charge is 2.07. The Balaban J connectivity index is 1.66. The molecule has 0 aliphatic heterocycles. The molecule has 0 aliphatic carbocycles. The van der Waals surface area contributed by atoms with Crippen LogP contribution in [0.4, 0.5) is 0 Å². The summed E-state index contributed by atoms with van der Waals surface area (Å²) in [5.41, 5.74) is 2.96. The van der Waals surface area contributed by atoms with Crippen LogP contribution >= 0.6 is 0 Å². The van der Waals surface area contributed by atoms with E-state index >= 15 is 0 Å². The van der Waals surface area contributed by atoms with E-state index in [0.717, 1.165) is 22.8 Å². The van der Waals surface area contributed by atoms with Crippen LogP contribution in [0.15, 0.2) is 59.1 Å². The molecule has 0 fully saturated rings. The molecule has 4 nitrogen and oxygen atoms in total. The summed E-state index contributed by atoms with van der Waals surface area (Å²) in [5.74, 6) is 2.31. The molecule has 4 heteroatoms. The Morgan fingerprint density at radius 1 is 0.955 bits per heavy atom. The number of rotatable bonds is 5. The normalized spacial score (nSPS) is 10.5. The first-order chi connectivity index (χ1) is 10.7. The van der Waals surface area contributed by atoms with Crippen molar-refractivity contribution in [3.8, 4) is 22.8 Å². The fourth-order valence-electron chi connectivity index (χ4n) is 2.07. The Bertz CT molecular complexity index is 730. The molecule has 1 heterocycles. The Morgan fingerprint density at radius 2 is 1.64 bits per heavy atom. The van der Waals surface area contributed by atoms with E-state index in [9.17, 15) is 0 Å². The van der Waals surface area contributed by atoms with E-state index in [1.165, 1.54) is 5.56 Å². The molecule has 0 spiro atoms. The molecule has 0 unspecified atom stereocenters. The summed E-state index contributed by atoms with van der Waals surface area (Å²) in [5, 5.41) is 4.07. The zero-order chi connectivity index (χ0) is 15.4. The van der Waals surface area contributed by atoms with Crippen molar-refractivity contribution in [3.05, 3.63) is 65.9 Å². The highest BCUT2D eigenvalue weighted by molar-refractivity contribution is 5.59. The van der Waals surface area contributed by atoms with Gasteiger partial charge in [-0.15, -0.1) is 0 Å². The fraction of sp³-hybridized carbons (Fsp3) is 0.167. The third-order valence-electron chi connectivity index (χ3n) is 3.35. The second kappa shape index (κ2) is 6.35.